The van der Waals surface area contributed by atoms with Gasteiger partial charge in [0.05, 0.1) is 13.7 Å². The normalized spacial score (nSPS) is 19.5. The number of methoxy groups -OCH3 is 1. The molecule has 1 aromatic carbocycles. The second-order valence-electron chi connectivity index (χ2n) is 3.64. The van der Waals surface area contributed by atoms with Crippen LogP contribution in [0.3, 0.4) is 0 Å². The number of hydrogen-bond acceptors (Lipinski definition) is 3. The number of benzene rings is 1. The van der Waals surface area contributed by atoms with Crippen molar-refractivity contribution in [2.45, 2.75) is 19.4 Å². The molecule has 3 nitrogen and oxygen atoms in total. The van der Waals surface area contributed by atoms with Crippen LogP contribution in [0.25, 0.3) is 0 Å². The SMILES string of the molecule is CCOc1cc([C@@H]2CCN2)ccc1OC. The Hall–Kier alpha value is -1.22. The molecule has 1 N–H and O–H groups in total. The predicted octanol–water partition coefficient (Wildman–Crippen LogP) is 2.13. The van der Waals surface area contributed by atoms with Crippen LogP contribution in [0.2, 0.25) is 0 Å². The van der Waals surface area contributed by atoms with Gasteiger partial charge in [-0.15, -0.1) is 0 Å². The lowest BCUT2D eigenvalue weighted by atomic mass is 9.98. The average Bonchev–Trinajstić information content (AvgIpc) is 2.16. The van der Waals surface area contributed by atoms with E-state index in [0.717, 1.165) is 18.0 Å². The van der Waals surface area contributed by atoms with Crippen molar-refractivity contribution in [1.29, 1.82) is 0 Å². The Kier molecular flexibility index (Phi) is 3.11. The fraction of sp³-hybridized carbons (Fsp3) is 0.500. The van der Waals surface area contributed by atoms with Gasteiger partial charge in [0.15, 0.2) is 11.5 Å². The molecule has 1 aromatic rings. The van der Waals surface area contributed by atoms with E-state index in [4.69, 9.17) is 9.47 Å². The summed E-state index contributed by atoms with van der Waals surface area (Å²) in [7, 11) is 1.67. The lowest BCUT2D eigenvalue weighted by molar-refractivity contribution is 0.308. The molecule has 3 heteroatoms. The second-order valence-corrected chi connectivity index (χ2v) is 3.64. The van der Waals surface area contributed by atoms with Crippen LogP contribution < -0.4 is 14.8 Å². The third-order valence-electron chi connectivity index (χ3n) is 2.71. The average molecular weight is 207 g/mol. The highest BCUT2D eigenvalue weighted by molar-refractivity contribution is 5.44. The van der Waals surface area contributed by atoms with Crippen molar-refractivity contribution in [3.63, 3.8) is 0 Å². The quantitative estimate of drug-likeness (QED) is 0.820. The number of rotatable bonds is 4. The Bertz CT molecular complexity index is 334. The smallest absolute Gasteiger partial charge is 0.161 e. The first-order valence-electron chi connectivity index (χ1n) is 5.39. The van der Waals surface area contributed by atoms with Crippen molar-refractivity contribution in [2.75, 3.05) is 20.3 Å². The third kappa shape index (κ3) is 2.07. The second kappa shape index (κ2) is 4.53. The number of nitrogens with one attached hydrogen (secondary N) is 1. The molecule has 1 fully saturated rings. The third-order valence-corrected chi connectivity index (χ3v) is 2.71. The molecule has 15 heavy (non-hydrogen) atoms. The van der Waals surface area contributed by atoms with Crippen LogP contribution in [0.1, 0.15) is 24.9 Å². The minimum Gasteiger partial charge on any atom is -0.493 e. The predicted molar refractivity (Wildman–Crippen MR) is 59.5 cm³/mol. The largest absolute Gasteiger partial charge is 0.493 e. The van der Waals surface area contributed by atoms with Crippen LogP contribution in [0, 0.1) is 0 Å². The molecule has 1 heterocycles. The minimum atomic E-state index is 0.495. The Morgan fingerprint density at radius 3 is 2.73 bits per heavy atom. The van der Waals surface area contributed by atoms with Gasteiger partial charge in [-0.1, -0.05) is 6.07 Å². The molecule has 0 spiro atoms. The molecule has 1 saturated heterocycles. The topological polar surface area (TPSA) is 30.5 Å². The zero-order chi connectivity index (χ0) is 10.7. The maximum absolute atomic E-state index is 5.53. The van der Waals surface area contributed by atoms with Gasteiger partial charge in [-0.25, -0.2) is 0 Å². The Morgan fingerprint density at radius 1 is 1.40 bits per heavy atom. The molecule has 0 unspecified atom stereocenters. The minimum absolute atomic E-state index is 0.495. The lowest BCUT2D eigenvalue weighted by Crippen LogP contribution is -2.34. The molecule has 82 valence electrons. The van der Waals surface area contributed by atoms with E-state index in [1.54, 1.807) is 7.11 Å². The first-order chi connectivity index (χ1) is 7.35. The van der Waals surface area contributed by atoms with E-state index in [2.05, 4.69) is 17.4 Å². The first-order valence-corrected chi connectivity index (χ1v) is 5.39. The fourth-order valence-corrected chi connectivity index (χ4v) is 1.75. The summed E-state index contributed by atoms with van der Waals surface area (Å²) in [5, 5.41) is 3.37. The van der Waals surface area contributed by atoms with Crippen LogP contribution in [0.5, 0.6) is 11.5 Å². The molecular weight excluding hydrogens is 190 g/mol. The van der Waals surface area contributed by atoms with E-state index < -0.39 is 0 Å². The van der Waals surface area contributed by atoms with Gasteiger partial charge in [-0.3, -0.25) is 0 Å². The van der Waals surface area contributed by atoms with E-state index in [1.807, 2.05) is 13.0 Å². The first kappa shape index (κ1) is 10.3. The van der Waals surface area contributed by atoms with Crippen molar-refractivity contribution < 1.29 is 9.47 Å². The van der Waals surface area contributed by atoms with Crippen molar-refractivity contribution >= 4 is 0 Å². The van der Waals surface area contributed by atoms with E-state index >= 15 is 0 Å². The van der Waals surface area contributed by atoms with Crippen LogP contribution >= 0.6 is 0 Å². The van der Waals surface area contributed by atoms with Gasteiger partial charge in [-0.2, -0.15) is 0 Å². The van der Waals surface area contributed by atoms with Crippen molar-refractivity contribution in [2.24, 2.45) is 0 Å². The monoisotopic (exact) mass is 207 g/mol. The van der Waals surface area contributed by atoms with Crippen molar-refractivity contribution in [3.05, 3.63) is 23.8 Å². The van der Waals surface area contributed by atoms with Gasteiger partial charge >= 0.3 is 0 Å². The summed E-state index contributed by atoms with van der Waals surface area (Å²) < 4.78 is 10.8. The molecule has 1 aliphatic rings. The summed E-state index contributed by atoms with van der Waals surface area (Å²) in [6, 6.07) is 6.63. The van der Waals surface area contributed by atoms with Gasteiger partial charge in [-0.05, 0) is 37.6 Å². The lowest BCUT2D eigenvalue weighted by Gasteiger charge is -2.28. The molecule has 0 bridgehead atoms. The molecule has 0 saturated carbocycles. The van der Waals surface area contributed by atoms with Gasteiger partial charge in [0, 0.05) is 6.04 Å². The number of ether oxygens (including phenoxy) is 2. The summed E-state index contributed by atoms with van der Waals surface area (Å²) in [6.45, 7) is 3.76. The molecule has 0 radical (unpaired) electrons. The summed E-state index contributed by atoms with van der Waals surface area (Å²) in [4.78, 5) is 0. The van der Waals surface area contributed by atoms with Crippen LogP contribution in [0.15, 0.2) is 18.2 Å². The Labute approximate surface area is 90.4 Å². The van der Waals surface area contributed by atoms with Gasteiger partial charge in [0.2, 0.25) is 0 Å². The maximum atomic E-state index is 5.53. The number of hydrogen-bond donors (Lipinski definition) is 1. The molecule has 1 atom stereocenters. The Morgan fingerprint density at radius 2 is 2.20 bits per heavy atom. The Balaban J connectivity index is 2.22. The molecule has 2 rings (SSSR count). The van der Waals surface area contributed by atoms with Gasteiger partial charge in [0.1, 0.15) is 0 Å². The van der Waals surface area contributed by atoms with Crippen molar-refractivity contribution in [3.8, 4) is 11.5 Å². The maximum Gasteiger partial charge on any atom is 0.161 e. The van der Waals surface area contributed by atoms with Gasteiger partial charge < -0.3 is 14.8 Å². The molecular formula is C12H17NO2. The summed E-state index contributed by atoms with van der Waals surface area (Å²) in [5.41, 5.74) is 1.28. The fourth-order valence-electron chi connectivity index (χ4n) is 1.75. The highest BCUT2D eigenvalue weighted by Crippen LogP contribution is 2.32. The van der Waals surface area contributed by atoms with Crippen molar-refractivity contribution in [1.82, 2.24) is 5.32 Å². The van der Waals surface area contributed by atoms with E-state index in [0.29, 0.717) is 12.6 Å². The summed E-state index contributed by atoms with van der Waals surface area (Å²) >= 11 is 0. The highest BCUT2D eigenvalue weighted by Gasteiger charge is 2.19. The van der Waals surface area contributed by atoms with Crippen LogP contribution in [-0.4, -0.2) is 20.3 Å². The summed E-state index contributed by atoms with van der Waals surface area (Å²) in [5.74, 6) is 1.64. The summed E-state index contributed by atoms with van der Waals surface area (Å²) in [6.07, 6.45) is 1.21. The zero-order valence-corrected chi connectivity index (χ0v) is 9.25. The molecule has 0 aliphatic carbocycles. The van der Waals surface area contributed by atoms with E-state index in [9.17, 15) is 0 Å². The molecule has 0 amide bonds. The van der Waals surface area contributed by atoms with E-state index in [-0.39, 0.29) is 0 Å². The standard InChI is InChI=1S/C12H17NO2/c1-3-15-12-8-9(10-6-7-13-10)4-5-11(12)14-2/h4-5,8,10,13H,3,6-7H2,1-2H3/t10-/m0/s1. The van der Waals surface area contributed by atoms with Gasteiger partial charge in [0.25, 0.3) is 0 Å². The molecule has 1 aliphatic heterocycles. The van der Waals surface area contributed by atoms with Crippen LogP contribution in [-0.2, 0) is 0 Å². The molecule has 0 aromatic heterocycles. The van der Waals surface area contributed by atoms with Crippen LogP contribution in [0.4, 0.5) is 0 Å². The zero-order valence-electron chi connectivity index (χ0n) is 9.25. The highest BCUT2D eigenvalue weighted by atomic mass is 16.5. The van der Waals surface area contributed by atoms with E-state index in [1.165, 1.54) is 12.0 Å².